The maximum absolute atomic E-state index is 12.2. The van der Waals surface area contributed by atoms with Crippen LogP contribution in [0.1, 0.15) is 24.5 Å². The number of anilines is 2. The van der Waals surface area contributed by atoms with Gasteiger partial charge in [0, 0.05) is 17.8 Å². The zero-order valence-corrected chi connectivity index (χ0v) is 15.5. The quantitative estimate of drug-likeness (QED) is 0.793. The monoisotopic (exact) mass is 356 g/mol. The molecule has 0 unspecified atom stereocenters. The van der Waals surface area contributed by atoms with Crippen molar-refractivity contribution in [3.05, 3.63) is 47.5 Å². The predicted octanol–water partition coefficient (Wildman–Crippen LogP) is 3.68. The summed E-state index contributed by atoms with van der Waals surface area (Å²) in [5, 5.41) is 5.58. The van der Waals surface area contributed by atoms with Crippen molar-refractivity contribution >= 4 is 23.2 Å². The number of hydrogen-bond donors (Lipinski definition) is 2. The van der Waals surface area contributed by atoms with E-state index in [9.17, 15) is 9.59 Å². The van der Waals surface area contributed by atoms with E-state index in [2.05, 4.69) is 10.6 Å². The molecule has 2 amide bonds. The Morgan fingerprint density at radius 1 is 0.962 bits per heavy atom. The molecule has 0 heterocycles. The molecule has 2 aromatic carbocycles. The second-order valence-electron chi connectivity index (χ2n) is 5.92. The van der Waals surface area contributed by atoms with Gasteiger partial charge in [0.15, 0.2) is 18.1 Å². The van der Waals surface area contributed by atoms with E-state index in [1.54, 1.807) is 32.2 Å². The van der Waals surface area contributed by atoms with E-state index in [1.165, 1.54) is 0 Å². The highest BCUT2D eigenvalue weighted by atomic mass is 16.5. The standard InChI is InChI=1S/C20H24N2O4/c1-5-19(23)22-16-11-15(8-7-14(16)3)21-20(24)12-26-17-9-6-13(2)10-18(17)25-4/h6-11H,5,12H2,1-4H3,(H,21,24)(H,22,23). The van der Waals surface area contributed by atoms with Gasteiger partial charge in [-0.15, -0.1) is 0 Å². The van der Waals surface area contributed by atoms with E-state index in [0.29, 0.717) is 29.3 Å². The normalized spacial score (nSPS) is 10.2. The largest absolute Gasteiger partial charge is 0.493 e. The van der Waals surface area contributed by atoms with Gasteiger partial charge in [-0.05, 0) is 49.2 Å². The van der Waals surface area contributed by atoms with Gasteiger partial charge >= 0.3 is 0 Å². The Hall–Kier alpha value is -3.02. The van der Waals surface area contributed by atoms with Crippen molar-refractivity contribution < 1.29 is 19.1 Å². The molecule has 6 nitrogen and oxygen atoms in total. The van der Waals surface area contributed by atoms with Crippen molar-refractivity contribution in [1.29, 1.82) is 0 Å². The van der Waals surface area contributed by atoms with Crippen molar-refractivity contribution in [3.63, 3.8) is 0 Å². The van der Waals surface area contributed by atoms with E-state index in [4.69, 9.17) is 9.47 Å². The zero-order chi connectivity index (χ0) is 19.1. The smallest absolute Gasteiger partial charge is 0.262 e. The molecule has 0 saturated heterocycles. The van der Waals surface area contributed by atoms with Crippen molar-refractivity contribution in [1.82, 2.24) is 0 Å². The summed E-state index contributed by atoms with van der Waals surface area (Å²) < 4.78 is 10.8. The van der Waals surface area contributed by atoms with Crippen molar-refractivity contribution in [2.24, 2.45) is 0 Å². The van der Waals surface area contributed by atoms with Crippen LogP contribution in [0.25, 0.3) is 0 Å². The summed E-state index contributed by atoms with van der Waals surface area (Å²) in [5.41, 5.74) is 3.23. The molecule has 6 heteroatoms. The van der Waals surface area contributed by atoms with Gasteiger partial charge in [-0.25, -0.2) is 0 Å². The summed E-state index contributed by atoms with van der Waals surface area (Å²) >= 11 is 0. The van der Waals surface area contributed by atoms with Gasteiger partial charge in [-0.2, -0.15) is 0 Å². The Morgan fingerprint density at radius 3 is 2.42 bits per heavy atom. The fourth-order valence-electron chi connectivity index (χ4n) is 2.31. The molecule has 0 aromatic heterocycles. The van der Waals surface area contributed by atoms with Crippen LogP contribution >= 0.6 is 0 Å². The Labute approximate surface area is 153 Å². The average Bonchev–Trinajstić information content (AvgIpc) is 2.63. The third-order valence-electron chi connectivity index (χ3n) is 3.79. The van der Waals surface area contributed by atoms with Gasteiger partial charge in [0.05, 0.1) is 7.11 Å². The number of hydrogen-bond acceptors (Lipinski definition) is 4. The summed E-state index contributed by atoms with van der Waals surface area (Å²) in [4.78, 5) is 23.7. The van der Waals surface area contributed by atoms with Gasteiger partial charge in [0.2, 0.25) is 5.91 Å². The lowest BCUT2D eigenvalue weighted by Crippen LogP contribution is -2.20. The first-order chi connectivity index (χ1) is 12.4. The molecule has 138 valence electrons. The minimum absolute atomic E-state index is 0.0774. The van der Waals surface area contributed by atoms with Crippen molar-refractivity contribution in [3.8, 4) is 11.5 Å². The average molecular weight is 356 g/mol. The number of ether oxygens (including phenoxy) is 2. The Kier molecular flexibility index (Phi) is 6.60. The second kappa shape index (κ2) is 8.89. The Bertz CT molecular complexity index is 802. The molecular formula is C20H24N2O4. The second-order valence-corrected chi connectivity index (χ2v) is 5.92. The first-order valence-electron chi connectivity index (χ1n) is 8.40. The van der Waals surface area contributed by atoms with E-state index >= 15 is 0 Å². The molecule has 26 heavy (non-hydrogen) atoms. The molecule has 0 aliphatic carbocycles. The lowest BCUT2D eigenvalue weighted by molar-refractivity contribution is -0.118. The van der Waals surface area contributed by atoms with E-state index < -0.39 is 0 Å². The topological polar surface area (TPSA) is 76.7 Å². The van der Waals surface area contributed by atoms with Gasteiger partial charge in [0.1, 0.15) is 0 Å². The van der Waals surface area contributed by atoms with E-state index in [0.717, 1.165) is 11.1 Å². The van der Waals surface area contributed by atoms with E-state index in [-0.39, 0.29) is 18.4 Å². The lowest BCUT2D eigenvalue weighted by Gasteiger charge is -2.13. The molecule has 2 N–H and O–H groups in total. The minimum Gasteiger partial charge on any atom is -0.493 e. The predicted molar refractivity (Wildman–Crippen MR) is 102 cm³/mol. The molecule has 0 bridgehead atoms. The highest BCUT2D eigenvalue weighted by Crippen LogP contribution is 2.27. The maximum atomic E-state index is 12.2. The van der Waals surface area contributed by atoms with Crippen LogP contribution in [0, 0.1) is 13.8 Å². The van der Waals surface area contributed by atoms with Crippen LogP contribution in [0.2, 0.25) is 0 Å². The number of methoxy groups -OCH3 is 1. The molecule has 0 spiro atoms. The number of carbonyl (C=O) groups is 2. The van der Waals surface area contributed by atoms with E-state index in [1.807, 2.05) is 32.0 Å². The minimum atomic E-state index is -0.302. The number of benzene rings is 2. The van der Waals surface area contributed by atoms with Gasteiger partial charge < -0.3 is 20.1 Å². The molecule has 2 aromatic rings. The maximum Gasteiger partial charge on any atom is 0.262 e. The van der Waals surface area contributed by atoms with Gasteiger partial charge in [-0.1, -0.05) is 19.1 Å². The number of aryl methyl sites for hydroxylation is 2. The van der Waals surface area contributed by atoms with Crippen LogP contribution in [0.4, 0.5) is 11.4 Å². The van der Waals surface area contributed by atoms with Crippen molar-refractivity contribution in [2.75, 3.05) is 24.4 Å². The van der Waals surface area contributed by atoms with Gasteiger partial charge in [-0.3, -0.25) is 9.59 Å². The van der Waals surface area contributed by atoms with Crippen LogP contribution in [-0.4, -0.2) is 25.5 Å². The summed E-state index contributed by atoms with van der Waals surface area (Å²) in [6.45, 7) is 5.48. The summed E-state index contributed by atoms with van der Waals surface area (Å²) in [7, 11) is 1.56. The van der Waals surface area contributed by atoms with Crippen molar-refractivity contribution in [2.45, 2.75) is 27.2 Å². The third-order valence-corrected chi connectivity index (χ3v) is 3.79. The molecule has 2 rings (SSSR count). The first kappa shape index (κ1) is 19.3. The highest BCUT2D eigenvalue weighted by molar-refractivity contribution is 5.95. The molecule has 0 fully saturated rings. The number of amides is 2. The van der Waals surface area contributed by atoms with Crippen LogP contribution < -0.4 is 20.1 Å². The Morgan fingerprint density at radius 2 is 1.73 bits per heavy atom. The Balaban J connectivity index is 2.00. The number of carbonyl (C=O) groups excluding carboxylic acids is 2. The number of nitrogens with one attached hydrogen (secondary N) is 2. The molecule has 0 radical (unpaired) electrons. The van der Waals surface area contributed by atoms with Gasteiger partial charge in [0.25, 0.3) is 5.91 Å². The van der Waals surface area contributed by atoms with Crippen LogP contribution in [-0.2, 0) is 9.59 Å². The highest BCUT2D eigenvalue weighted by Gasteiger charge is 2.10. The fraction of sp³-hybridized carbons (Fsp3) is 0.300. The zero-order valence-electron chi connectivity index (χ0n) is 15.5. The van der Waals surface area contributed by atoms with Crippen LogP contribution in [0.5, 0.6) is 11.5 Å². The third kappa shape index (κ3) is 5.24. The molecule has 0 aliphatic rings. The van der Waals surface area contributed by atoms with Crippen LogP contribution in [0.3, 0.4) is 0 Å². The summed E-state index contributed by atoms with van der Waals surface area (Å²) in [5.74, 6) is 0.710. The lowest BCUT2D eigenvalue weighted by atomic mass is 10.1. The molecule has 0 aliphatic heterocycles. The number of rotatable bonds is 7. The first-order valence-corrected chi connectivity index (χ1v) is 8.40. The SMILES string of the molecule is CCC(=O)Nc1cc(NC(=O)COc2ccc(C)cc2OC)ccc1C. The van der Waals surface area contributed by atoms with Crippen LogP contribution in [0.15, 0.2) is 36.4 Å². The fourth-order valence-corrected chi connectivity index (χ4v) is 2.31. The summed E-state index contributed by atoms with van der Waals surface area (Å²) in [6.07, 6.45) is 0.391. The molecule has 0 atom stereocenters. The molecule has 0 saturated carbocycles. The molecular weight excluding hydrogens is 332 g/mol. The summed E-state index contributed by atoms with van der Waals surface area (Å²) in [6, 6.07) is 10.8.